The number of aliphatic imine (C=N–C) groups is 2. The fraction of sp³-hybridized carbons (Fsp3) is 0.194. The third-order valence-electron chi connectivity index (χ3n) is 28.5. The van der Waals surface area contributed by atoms with Crippen molar-refractivity contribution in [2.45, 2.75) is 146 Å². The fourth-order valence-corrected chi connectivity index (χ4v) is 26.0. The van der Waals surface area contributed by atoms with E-state index in [1.54, 1.807) is 32.9 Å². The molecule has 22 rings (SSSR count). The Morgan fingerprint density at radius 3 is 0.550 bits per heavy atom. The molecule has 140 heavy (non-hydrogen) atoms. The number of benzene rings is 16. The Bertz CT molecular complexity index is 5830. The van der Waals surface area contributed by atoms with E-state index in [1.165, 1.54) is 55.6 Å². The first-order chi connectivity index (χ1) is 67.9. The summed E-state index contributed by atoms with van der Waals surface area (Å²) in [4.78, 5) is 10.9. The van der Waals surface area contributed by atoms with Crippen LogP contribution in [0.4, 0.5) is 0 Å². The van der Waals surface area contributed by atoms with Gasteiger partial charge in [0.2, 0.25) is 0 Å². The quantitative estimate of drug-likeness (QED) is 0.0560. The average molecular weight is 2180 g/mol. The van der Waals surface area contributed by atoms with Gasteiger partial charge in [-0.3, -0.25) is 9.98 Å². The van der Waals surface area contributed by atoms with Crippen LogP contribution in [0.2, 0.25) is 0 Å². The second kappa shape index (κ2) is 50.3. The van der Waals surface area contributed by atoms with Gasteiger partial charge in [0.25, 0.3) is 20.0 Å². The number of halogens is 2. The van der Waals surface area contributed by atoms with Crippen LogP contribution >= 0.6 is 19.1 Å². The molecule has 0 saturated heterocycles. The normalized spacial score (nSPS) is 22.6. The molecule has 712 valence electrons. The molecule has 16 aromatic carbocycles. The number of hydrogen-bond donors (Lipinski definition) is 0. The van der Waals surface area contributed by atoms with Crippen molar-refractivity contribution >= 4 is 50.8 Å². The molecule has 4 fully saturated rings. The summed E-state index contributed by atoms with van der Waals surface area (Å²) in [7, 11) is 1.38. The summed E-state index contributed by atoms with van der Waals surface area (Å²) in [5, 5.41) is 0. The van der Waals surface area contributed by atoms with Crippen LogP contribution in [-0.4, -0.2) is 37.1 Å². The Morgan fingerprint density at radius 1 is 0.236 bits per heavy atom. The van der Waals surface area contributed by atoms with Crippen molar-refractivity contribution in [3.8, 4) is 0 Å². The Labute approximate surface area is 880 Å². The minimum absolute atomic E-state index is 0. The third-order valence-corrected chi connectivity index (χ3v) is 32.1. The van der Waals surface area contributed by atoms with Crippen LogP contribution in [0.5, 0.6) is 0 Å². The van der Waals surface area contributed by atoms with Gasteiger partial charge in [-0.1, -0.05) is 486 Å². The summed E-state index contributed by atoms with van der Waals surface area (Å²) >= 11 is 4.44. The number of amidine groups is 2. The number of rotatable bonds is 20. The molecule has 2 aliphatic heterocycles. The van der Waals surface area contributed by atoms with E-state index in [9.17, 15) is 16.8 Å². The van der Waals surface area contributed by atoms with Gasteiger partial charge in [-0.2, -0.15) is 12.8 Å². The molecule has 2 heterocycles. The smallest absolute Gasteiger partial charge is 0.0622 e. The maximum atomic E-state index is 14.1. The van der Waals surface area contributed by atoms with Gasteiger partial charge in [-0.05, 0) is 175 Å². The molecule has 4 saturated carbocycles. The molecule has 4 aliphatic carbocycles. The molecule has 6 atom stereocenters. The largest absolute Gasteiger partial charge is 2.00 e. The van der Waals surface area contributed by atoms with Crippen molar-refractivity contribution in [1.82, 2.24) is 8.61 Å². The molecule has 0 N–H and O–H groups in total. The third kappa shape index (κ3) is 23.3. The van der Waals surface area contributed by atoms with E-state index in [4.69, 9.17) is 9.98 Å². The topological polar surface area (TPSA) is 99.5 Å². The van der Waals surface area contributed by atoms with E-state index in [0.717, 1.165) is 71.9 Å². The van der Waals surface area contributed by atoms with E-state index in [2.05, 4.69) is 372 Å². The summed E-state index contributed by atoms with van der Waals surface area (Å²) in [5.74, 6) is 5.02. The molecule has 0 spiro atoms. The zero-order valence-electron chi connectivity index (χ0n) is 78.0. The zero-order valence-corrected chi connectivity index (χ0v) is 86.5. The van der Waals surface area contributed by atoms with E-state index in [-0.39, 0.29) is 58.1 Å². The molecule has 16 heteroatoms. The van der Waals surface area contributed by atoms with E-state index >= 15 is 0 Å². The van der Waals surface area contributed by atoms with Crippen LogP contribution in [-0.2, 0) is 90.5 Å². The standard InChI is InChI=1S/2C35H30.2C27H27N2O2S.2ClH.2Fe.2Pd/c2*1-6-16-26(17-7-1)31-32(27-18-8-2-9-19-27)34(29-22-12-4-13-23-29)35(30-24-14-5-15-25-30)33(31)28-20-10-3-11-21-28;2*1-20-16-18-24(19-17-20)32(30,31)29-26(22-12-6-3-7-13-22)25(21-10-4-2-5-11-21)28-27(29)23-14-8-9-15-23;;;;;;/h2*1-25,31-35H;2*2-7,10-14,16-19,23,25-26H,8-9,15H2,1H3;2*1H;;;;/q;;2*-1;;;4*+2/p-2/t;;2*23?,25-,26-;;;;;;/m..11....../s1. The first kappa shape index (κ1) is 104. The van der Waals surface area contributed by atoms with Gasteiger partial charge in [-0.15, -0.1) is 11.8 Å². The van der Waals surface area contributed by atoms with Crippen LogP contribution in [0.25, 0.3) is 0 Å². The van der Waals surface area contributed by atoms with Crippen molar-refractivity contribution in [3.63, 3.8) is 0 Å². The number of aryl methyl sites for hydroxylation is 2. The maximum Gasteiger partial charge on any atom is 2.00 e. The van der Waals surface area contributed by atoms with Crippen molar-refractivity contribution in [3.05, 3.63) is 575 Å². The monoisotopic (exact) mass is 2180 g/mol. The molecule has 8 nitrogen and oxygen atoms in total. The number of hydrogen-bond acceptors (Lipinski definition) is 6. The Hall–Kier alpha value is -10.7. The summed E-state index contributed by atoms with van der Waals surface area (Å²) in [6.07, 6.45) is 10.4. The maximum absolute atomic E-state index is 14.1. The number of nitrogens with zero attached hydrogens (tertiary/aromatic N) is 4. The van der Waals surface area contributed by atoms with Gasteiger partial charge >= 0.3 is 89.6 Å². The first-order valence-corrected chi connectivity index (χ1v) is 54.8. The van der Waals surface area contributed by atoms with Crippen LogP contribution in [0.1, 0.15) is 211 Å². The van der Waals surface area contributed by atoms with Gasteiger partial charge in [-0.25, -0.2) is 25.4 Å². The fourth-order valence-electron chi connectivity index (χ4n) is 22.7. The van der Waals surface area contributed by atoms with Gasteiger partial charge in [0.1, 0.15) is 12.1 Å². The molecule has 0 amide bonds. The van der Waals surface area contributed by atoms with Crippen LogP contribution in [0, 0.1) is 38.5 Å². The molecule has 0 radical (unpaired) electrons. The van der Waals surface area contributed by atoms with Gasteiger partial charge in [0, 0.05) is 0 Å². The summed E-state index contributed by atoms with van der Waals surface area (Å²) in [6, 6.07) is 165. The Balaban J connectivity index is 0.000000139. The Kier molecular flexibility index (Phi) is 37.2. The molecule has 2 unspecified atom stereocenters. The van der Waals surface area contributed by atoms with E-state index in [1.807, 2.05) is 159 Å². The van der Waals surface area contributed by atoms with Crippen molar-refractivity contribution in [1.29, 1.82) is 0 Å². The summed E-state index contributed by atoms with van der Waals surface area (Å²) in [5.41, 5.74) is 20.3. The van der Waals surface area contributed by atoms with Crippen LogP contribution in [0.15, 0.2) is 493 Å². The SMILES string of the molecule is Cc1ccc(S(=O)(=O)N2C(C3[CH-]CCC3)=N[C@H](c3ccccc3)[C@H]2c2ccccc2)cc1.Cc1ccc(S(=O)(=O)N2C(C3[CH-]CCC3)=N[C@H](c3ccccc3)[C@H]2c2ccccc2)cc1.[Cl][Pd+].[Cl][Pd+].[Fe+2].[Fe+2].c1ccc(C2C(c3ccccc3)C(c3ccccc3)C(c3ccccc3)C2c2ccccc2)cc1.c1ccc(C2C(c3ccccc3)C(c3ccccc3)C(c3ccccc3)C2c2ccccc2)cc1. The first-order valence-electron chi connectivity index (χ1n) is 47.9. The predicted molar refractivity (Wildman–Crippen MR) is 559 cm³/mol. The second-order valence-electron chi connectivity index (χ2n) is 36.5. The minimum atomic E-state index is -3.80. The molecular weight excluding hydrogens is 2070 g/mol. The molecule has 0 aromatic heterocycles. The zero-order chi connectivity index (χ0) is 95.2. The van der Waals surface area contributed by atoms with Crippen molar-refractivity contribution in [2.24, 2.45) is 21.8 Å². The van der Waals surface area contributed by atoms with E-state index in [0.29, 0.717) is 80.6 Å². The van der Waals surface area contributed by atoms with E-state index < -0.39 is 32.1 Å². The molecule has 6 aliphatic rings. The van der Waals surface area contributed by atoms with Crippen molar-refractivity contribution < 1.29 is 87.3 Å². The summed E-state index contributed by atoms with van der Waals surface area (Å²) < 4.78 is 59.7. The van der Waals surface area contributed by atoms with Crippen LogP contribution in [0.3, 0.4) is 0 Å². The Morgan fingerprint density at radius 2 is 0.393 bits per heavy atom. The average Bonchev–Trinajstić information content (AvgIpc) is 1.54. The van der Waals surface area contributed by atoms with Gasteiger partial charge in [0.05, 0.1) is 33.5 Å². The predicted octanol–water partition coefficient (Wildman–Crippen LogP) is 31.0. The second-order valence-corrected chi connectivity index (χ2v) is 40.2. The van der Waals surface area contributed by atoms with Gasteiger partial charge in [0.15, 0.2) is 0 Å². The van der Waals surface area contributed by atoms with Gasteiger partial charge < -0.3 is 12.8 Å². The molecule has 0 bridgehead atoms. The number of sulfonamides is 2. The minimum Gasteiger partial charge on any atom is -0.0622 e. The molecule has 16 aromatic rings. The summed E-state index contributed by atoms with van der Waals surface area (Å²) in [6.45, 7) is 3.93. The van der Waals surface area contributed by atoms with Crippen LogP contribution < -0.4 is 0 Å². The molecular formula is C124H114Cl2Fe2N4O4Pd2S2+4. The van der Waals surface area contributed by atoms with Crippen molar-refractivity contribution in [2.75, 3.05) is 0 Å².